The minimum atomic E-state index is -1.24. The van der Waals surface area contributed by atoms with Gasteiger partial charge in [0.25, 0.3) is 0 Å². The maximum absolute atomic E-state index is 14.3. The third-order valence-electron chi connectivity index (χ3n) is 11.5. The molecule has 3 aliphatic carbocycles. The number of hydrogen-bond donors (Lipinski definition) is 2. The highest BCUT2D eigenvalue weighted by Crippen LogP contribution is 2.59. The summed E-state index contributed by atoms with van der Waals surface area (Å²) in [7, 11) is 3.17. The van der Waals surface area contributed by atoms with Crippen molar-refractivity contribution >= 4 is 23.0 Å². The molecule has 8 nitrogen and oxygen atoms in total. The molecule has 2 heterocycles. The van der Waals surface area contributed by atoms with Crippen molar-refractivity contribution in [1.29, 1.82) is 0 Å². The molecule has 0 aliphatic heterocycles. The summed E-state index contributed by atoms with van der Waals surface area (Å²) < 4.78 is 16.5. The molecule has 2 bridgehead atoms. The van der Waals surface area contributed by atoms with Gasteiger partial charge in [0.2, 0.25) is 11.7 Å². The zero-order valence-electron chi connectivity index (χ0n) is 30.7. The van der Waals surface area contributed by atoms with Crippen molar-refractivity contribution in [3.8, 4) is 11.5 Å². The van der Waals surface area contributed by atoms with E-state index in [0.717, 1.165) is 29.5 Å². The summed E-state index contributed by atoms with van der Waals surface area (Å²) in [4.78, 5) is 31.4. The first-order valence-corrected chi connectivity index (χ1v) is 19.2. The van der Waals surface area contributed by atoms with Crippen LogP contribution >= 0.6 is 11.3 Å². The van der Waals surface area contributed by atoms with Crippen LogP contribution in [0.15, 0.2) is 88.4 Å². The highest BCUT2D eigenvalue weighted by molar-refractivity contribution is 7.09. The molecule has 0 unspecified atom stereocenters. The van der Waals surface area contributed by atoms with E-state index in [4.69, 9.17) is 13.9 Å². The highest BCUT2D eigenvalue weighted by Gasteiger charge is 2.57. The summed E-state index contributed by atoms with van der Waals surface area (Å²) in [6, 6.07) is 19.0. The molecule has 0 radical (unpaired) electrons. The number of fused-ring (bicyclic) bond motifs is 8. The van der Waals surface area contributed by atoms with Crippen molar-refractivity contribution in [2.24, 2.45) is 5.41 Å². The summed E-state index contributed by atoms with van der Waals surface area (Å²) in [6.45, 7) is 4.89. The predicted octanol–water partition coefficient (Wildman–Crippen LogP) is 7.94. The van der Waals surface area contributed by atoms with Crippen molar-refractivity contribution in [3.05, 3.63) is 117 Å². The van der Waals surface area contributed by atoms with Crippen LogP contribution in [0.25, 0.3) is 0 Å². The van der Waals surface area contributed by atoms with Gasteiger partial charge in [-0.15, -0.1) is 11.3 Å². The van der Waals surface area contributed by atoms with Gasteiger partial charge < -0.3 is 29.0 Å². The van der Waals surface area contributed by atoms with Crippen molar-refractivity contribution in [1.82, 2.24) is 4.90 Å². The van der Waals surface area contributed by atoms with Gasteiger partial charge in [-0.05, 0) is 123 Å². The van der Waals surface area contributed by atoms with Gasteiger partial charge in [0.15, 0.2) is 17.3 Å². The molecule has 7 rings (SSSR count). The van der Waals surface area contributed by atoms with Crippen molar-refractivity contribution in [2.75, 3.05) is 27.3 Å². The lowest BCUT2D eigenvalue weighted by atomic mass is 9.64. The number of aliphatic hydroxyl groups is 2. The fourth-order valence-corrected chi connectivity index (χ4v) is 9.02. The second-order valence-electron chi connectivity index (χ2n) is 14.8. The van der Waals surface area contributed by atoms with Crippen LogP contribution in [0, 0.1) is 5.41 Å². The standard InChI is InChI=1S/C43H51NO7S/c1-29-8-5-19-42(2)36(34-15-12-30(24-32(45)14-11-29)25-35(34)41(47)38-10-6-22-51-38)17-20-43(42,48)28-44(21-18-33-9-7-23-52-33)40(46)27-31-13-16-37(49-3)39(26-31)50-4/h6-10,12-13,15-16,22-23,25-26,32,36,45,48H,5,11,14,17-21,24,27-28H2,1-4H3/t32-,36-,42-,43+/m0/s1. The van der Waals surface area contributed by atoms with Gasteiger partial charge in [-0.25, -0.2) is 0 Å². The van der Waals surface area contributed by atoms with Gasteiger partial charge in [0.1, 0.15) is 0 Å². The van der Waals surface area contributed by atoms with Crippen LogP contribution in [0.4, 0.5) is 0 Å². The number of thiophene rings is 1. The minimum absolute atomic E-state index is 0.0718. The first-order chi connectivity index (χ1) is 25.0. The molecule has 0 saturated heterocycles. The molecular formula is C43H51NO7S. The van der Waals surface area contributed by atoms with Gasteiger partial charge >= 0.3 is 0 Å². The maximum atomic E-state index is 14.3. The first-order valence-electron chi connectivity index (χ1n) is 18.3. The Bertz CT molecular complexity index is 1870. The van der Waals surface area contributed by atoms with E-state index in [9.17, 15) is 19.8 Å². The fraction of sp³-hybridized carbons (Fsp3) is 0.442. The van der Waals surface area contributed by atoms with E-state index in [1.807, 2.05) is 52.7 Å². The van der Waals surface area contributed by atoms with E-state index in [0.29, 0.717) is 62.1 Å². The Morgan fingerprint density at radius 1 is 1.02 bits per heavy atom. The molecule has 52 heavy (non-hydrogen) atoms. The van der Waals surface area contributed by atoms with Gasteiger partial charge in [-0.1, -0.05) is 42.8 Å². The average molecular weight is 726 g/mol. The lowest BCUT2D eigenvalue weighted by molar-refractivity contribution is -0.139. The summed E-state index contributed by atoms with van der Waals surface area (Å²) >= 11 is 1.66. The summed E-state index contributed by atoms with van der Waals surface area (Å²) in [5, 5.41) is 26.0. The monoisotopic (exact) mass is 725 g/mol. The highest BCUT2D eigenvalue weighted by atomic mass is 32.1. The number of rotatable bonds is 11. The van der Waals surface area contributed by atoms with E-state index in [1.165, 1.54) is 16.7 Å². The Hall–Kier alpha value is -4.18. The van der Waals surface area contributed by atoms with E-state index >= 15 is 0 Å². The first kappa shape index (κ1) is 37.6. The van der Waals surface area contributed by atoms with Crippen LogP contribution in [-0.2, 0) is 24.1 Å². The Labute approximate surface area is 311 Å². The molecule has 1 amide bonds. The number of carbonyl (C=O) groups excluding carboxylic acids is 2. The predicted molar refractivity (Wildman–Crippen MR) is 203 cm³/mol. The number of benzene rings is 2. The number of amides is 1. The molecule has 1 saturated carbocycles. The zero-order valence-corrected chi connectivity index (χ0v) is 31.5. The number of ketones is 1. The number of hydrogen-bond acceptors (Lipinski definition) is 8. The molecule has 4 atom stereocenters. The van der Waals surface area contributed by atoms with Crippen LogP contribution in [0.5, 0.6) is 11.5 Å². The second-order valence-corrected chi connectivity index (χ2v) is 15.8. The summed E-state index contributed by atoms with van der Waals surface area (Å²) in [5.74, 6) is 0.972. The number of allylic oxidation sites excluding steroid dienone is 2. The molecule has 2 aromatic carbocycles. The number of aliphatic hydroxyl groups excluding tert-OH is 1. The average Bonchev–Trinajstić information content (AvgIpc) is 3.91. The lowest BCUT2D eigenvalue weighted by Crippen LogP contribution is -2.54. The Balaban J connectivity index is 1.38. The van der Waals surface area contributed by atoms with Crippen LogP contribution in [0.2, 0.25) is 0 Å². The van der Waals surface area contributed by atoms with E-state index in [1.54, 1.807) is 37.7 Å². The molecule has 276 valence electrons. The third-order valence-corrected chi connectivity index (χ3v) is 12.4. The van der Waals surface area contributed by atoms with Gasteiger partial charge in [-0.3, -0.25) is 9.59 Å². The van der Waals surface area contributed by atoms with Gasteiger partial charge in [0, 0.05) is 28.9 Å². The zero-order chi connectivity index (χ0) is 36.9. The molecule has 2 aromatic heterocycles. The fourth-order valence-electron chi connectivity index (χ4n) is 8.32. The number of methoxy groups -OCH3 is 2. The van der Waals surface area contributed by atoms with Crippen LogP contribution in [0.3, 0.4) is 0 Å². The SMILES string of the molecule is COc1ccc(CC(=O)N(CCc2cccs2)C[C@]2(O)CC[C@H]3c4ccc(cc4C(=O)c4ccco4)C[C@@H](O)CCC(C)=CCC[C@@]32C)cc1OC. The topological polar surface area (TPSA) is 109 Å². The Kier molecular flexibility index (Phi) is 11.7. The van der Waals surface area contributed by atoms with Gasteiger partial charge in [-0.2, -0.15) is 0 Å². The van der Waals surface area contributed by atoms with Crippen molar-refractivity contribution in [2.45, 2.75) is 89.3 Å². The number of ether oxygens (including phenoxy) is 2. The minimum Gasteiger partial charge on any atom is -0.493 e. The second kappa shape index (κ2) is 16.2. The number of nitrogens with zero attached hydrogens (tertiary/aromatic N) is 1. The van der Waals surface area contributed by atoms with Crippen LogP contribution < -0.4 is 9.47 Å². The quantitative estimate of drug-likeness (QED) is 0.119. The molecule has 0 spiro atoms. The maximum Gasteiger partial charge on any atom is 0.228 e. The Morgan fingerprint density at radius 2 is 1.85 bits per heavy atom. The molecular weight excluding hydrogens is 675 g/mol. The van der Waals surface area contributed by atoms with Crippen LogP contribution in [0.1, 0.15) is 96.0 Å². The summed E-state index contributed by atoms with van der Waals surface area (Å²) in [6.07, 6.45) is 8.39. The normalized spacial score (nSPS) is 23.4. The number of carbonyl (C=O) groups is 2. The van der Waals surface area contributed by atoms with E-state index in [2.05, 4.69) is 26.0 Å². The lowest BCUT2D eigenvalue weighted by Gasteiger charge is -2.46. The van der Waals surface area contributed by atoms with Crippen molar-refractivity contribution < 1.29 is 33.7 Å². The Morgan fingerprint density at radius 3 is 2.58 bits per heavy atom. The third kappa shape index (κ3) is 8.07. The molecule has 9 heteroatoms. The van der Waals surface area contributed by atoms with E-state index < -0.39 is 17.1 Å². The van der Waals surface area contributed by atoms with Crippen LogP contribution in [-0.4, -0.2) is 65.8 Å². The smallest absolute Gasteiger partial charge is 0.228 e. The molecule has 1 fully saturated rings. The largest absolute Gasteiger partial charge is 0.493 e. The summed E-state index contributed by atoms with van der Waals surface area (Å²) in [5.41, 5.74) is 2.40. The van der Waals surface area contributed by atoms with E-state index in [-0.39, 0.29) is 36.3 Å². The molecule has 2 N–H and O–H groups in total. The molecule has 3 aliphatic rings. The van der Waals surface area contributed by atoms with Gasteiger partial charge in [0.05, 0.1) is 38.6 Å². The molecule has 4 aromatic rings. The number of furan rings is 1. The van der Waals surface area contributed by atoms with Crippen molar-refractivity contribution in [3.63, 3.8) is 0 Å².